The van der Waals surface area contributed by atoms with Gasteiger partial charge in [-0.1, -0.05) is 0 Å². The predicted octanol–water partition coefficient (Wildman–Crippen LogP) is 3.24. The lowest BCUT2D eigenvalue weighted by molar-refractivity contribution is 0.0646. The molecule has 0 bridgehead atoms. The molecule has 36 heavy (non-hydrogen) atoms. The van der Waals surface area contributed by atoms with Crippen molar-refractivity contribution in [2.75, 3.05) is 13.7 Å². The summed E-state index contributed by atoms with van der Waals surface area (Å²) in [6, 6.07) is 6.98. The van der Waals surface area contributed by atoms with E-state index < -0.39 is 18.4 Å². The molecule has 0 aliphatic carbocycles. The van der Waals surface area contributed by atoms with E-state index >= 15 is 0 Å². The Hall–Kier alpha value is -4.68. The van der Waals surface area contributed by atoms with E-state index in [2.05, 4.69) is 30.2 Å². The van der Waals surface area contributed by atoms with Crippen LogP contribution < -0.4 is 4.74 Å². The minimum atomic E-state index is -2.67. The number of fused-ring (bicyclic) bond motifs is 2. The summed E-state index contributed by atoms with van der Waals surface area (Å²) < 4.78 is 39.3. The number of amides is 1. The number of aromatic nitrogens is 7. The van der Waals surface area contributed by atoms with Crippen molar-refractivity contribution in [1.29, 1.82) is 0 Å². The number of imidazole rings is 1. The van der Waals surface area contributed by atoms with Crippen molar-refractivity contribution in [2.24, 2.45) is 0 Å². The topological polar surface area (TPSA) is 127 Å². The van der Waals surface area contributed by atoms with Crippen molar-refractivity contribution < 1.29 is 22.7 Å². The summed E-state index contributed by atoms with van der Waals surface area (Å²) in [7, 11) is 1.53. The number of methoxy groups -OCH3 is 1. The van der Waals surface area contributed by atoms with Crippen LogP contribution in [0.3, 0.4) is 0 Å². The van der Waals surface area contributed by atoms with Crippen molar-refractivity contribution >= 4 is 11.4 Å². The molecule has 0 saturated carbocycles. The Morgan fingerprint density at radius 1 is 1.25 bits per heavy atom. The highest BCUT2D eigenvalue weighted by molar-refractivity contribution is 5.90. The Labute approximate surface area is 201 Å². The lowest BCUT2D eigenvalue weighted by atomic mass is 9.99. The highest BCUT2D eigenvalue weighted by Crippen LogP contribution is 2.35. The standard InChI is InChI=1S/C23H18F2N8O3/c1-35-12-4-5-15(26-10-12)21-29-30-22(36-21)23(34)32-8-6-14-18(28-11-27-14)19(32)16-9-17-13(20(24)25)3-2-7-33(17)31-16/h2-5,7,9-11,19-20H,6,8H2,1H3,(H,27,28)/t19-/m1/s1. The van der Waals surface area contributed by atoms with Crippen molar-refractivity contribution in [3.8, 4) is 17.3 Å². The fraction of sp³-hybridized carbons (Fsp3) is 0.217. The van der Waals surface area contributed by atoms with Gasteiger partial charge >= 0.3 is 11.8 Å². The van der Waals surface area contributed by atoms with Crippen LogP contribution in [0.4, 0.5) is 8.78 Å². The maximum atomic E-state index is 13.6. The highest BCUT2D eigenvalue weighted by Gasteiger charge is 2.38. The number of H-pyrrole nitrogens is 1. The molecule has 0 aromatic carbocycles. The molecule has 1 aliphatic rings. The Morgan fingerprint density at radius 3 is 2.92 bits per heavy atom. The number of aromatic amines is 1. The normalized spacial score (nSPS) is 15.4. The number of hydrogen-bond donors (Lipinski definition) is 1. The van der Waals surface area contributed by atoms with E-state index in [0.717, 1.165) is 5.69 Å². The number of carbonyl (C=O) groups excluding carboxylic acids is 1. The van der Waals surface area contributed by atoms with Gasteiger partial charge in [0.2, 0.25) is 0 Å². The number of halogens is 2. The van der Waals surface area contributed by atoms with Crippen molar-refractivity contribution in [1.82, 2.24) is 39.7 Å². The minimum absolute atomic E-state index is 0.0735. The quantitative estimate of drug-likeness (QED) is 0.396. The summed E-state index contributed by atoms with van der Waals surface area (Å²) in [5, 5.41) is 12.4. The summed E-state index contributed by atoms with van der Waals surface area (Å²) in [5.41, 5.74) is 2.29. The second kappa shape index (κ2) is 8.52. The van der Waals surface area contributed by atoms with Gasteiger partial charge in [-0.15, -0.1) is 10.2 Å². The molecule has 1 aliphatic heterocycles. The van der Waals surface area contributed by atoms with E-state index in [-0.39, 0.29) is 22.9 Å². The molecule has 11 nitrogen and oxygen atoms in total. The molecule has 0 saturated heterocycles. The summed E-state index contributed by atoms with van der Waals surface area (Å²) >= 11 is 0. The zero-order chi connectivity index (χ0) is 24.8. The molecule has 0 spiro atoms. The van der Waals surface area contributed by atoms with E-state index in [1.165, 1.54) is 41.2 Å². The fourth-order valence-corrected chi connectivity index (χ4v) is 4.33. The maximum absolute atomic E-state index is 13.6. The van der Waals surface area contributed by atoms with Crippen molar-refractivity contribution in [2.45, 2.75) is 18.9 Å². The third-order valence-corrected chi connectivity index (χ3v) is 6.05. The van der Waals surface area contributed by atoms with Crippen LogP contribution in [0.15, 0.2) is 53.5 Å². The number of alkyl halides is 2. The number of ether oxygens (including phenoxy) is 1. The Balaban J connectivity index is 1.38. The largest absolute Gasteiger partial charge is 0.495 e. The molecule has 1 atom stereocenters. The molecule has 0 unspecified atom stereocenters. The number of nitrogens with one attached hydrogen (secondary N) is 1. The Morgan fingerprint density at radius 2 is 2.14 bits per heavy atom. The van der Waals surface area contributed by atoms with Crippen molar-refractivity contribution in [3.05, 3.63) is 77.6 Å². The van der Waals surface area contributed by atoms with Crippen LogP contribution in [0, 0.1) is 0 Å². The molecule has 6 rings (SSSR count). The van der Waals surface area contributed by atoms with Crippen LogP contribution in [0.1, 0.15) is 45.8 Å². The maximum Gasteiger partial charge on any atom is 0.312 e. The first-order chi connectivity index (χ1) is 17.5. The van der Waals surface area contributed by atoms with Gasteiger partial charge < -0.3 is 19.0 Å². The van der Waals surface area contributed by atoms with Gasteiger partial charge in [0.1, 0.15) is 17.5 Å². The highest BCUT2D eigenvalue weighted by atomic mass is 19.3. The third kappa shape index (κ3) is 3.56. The Kier molecular flexibility index (Phi) is 5.16. The summed E-state index contributed by atoms with van der Waals surface area (Å²) in [4.78, 5) is 26.7. The van der Waals surface area contributed by atoms with Gasteiger partial charge in [-0.2, -0.15) is 5.10 Å². The molecular weight excluding hydrogens is 474 g/mol. The first kappa shape index (κ1) is 21.8. The molecular formula is C23H18F2N8O3. The van der Waals surface area contributed by atoms with E-state index in [9.17, 15) is 13.6 Å². The summed E-state index contributed by atoms with van der Waals surface area (Å²) in [5.74, 6) is -0.136. The molecule has 1 N–H and O–H groups in total. The molecule has 0 radical (unpaired) electrons. The van der Waals surface area contributed by atoms with Gasteiger partial charge in [0.25, 0.3) is 12.3 Å². The second-order valence-electron chi connectivity index (χ2n) is 8.08. The zero-order valence-electron chi connectivity index (χ0n) is 18.8. The third-order valence-electron chi connectivity index (χ3n) is 6.05. The average Bonchev–Trinajstić information content (AvgIpc) is 3.66. The first-order valence-corrected chi connectivity index (χ1v) is 11.0. The molecule has 182 valence electrons. The van der Waals surface area contributed by atoms with Gasteiger partial charge in [-0.25, -0.2) is 23.3 Å². The summed E-state index contributed by atoms with van der Waals surface area (Å²) in [6.07, 6.45) is 2.45. The van der Waals surface area contributed by atoms with Crippen LogP contribution in [0.2, 0.25) is 0 Å². The van der Waals surface area contributed by atoms with Gasteiger partial charge in [-0.05, 0) is 30.3 Å². The molecule has 0 fully saturated rings. The second-order valence-corrected chi connectivity index (χ2v) is 8.08. The minimum Gasteiger partial charge on any atom is -0.495 e. The number of hydrogen-bond acceptors (Lipinski definition) is 8. The smallest absolute Gasteiger partial charge is 0.312 e. The molecule has 6 heterocycles. The van der Waals surface area contributed by atoms with Crippen LogP contribution in [0.5, 0.6) is 5.75 Å². The fourth-order valence-electron chi connectivity index (χ4n) is 4.33. The lowest BCUT2D eigenvalue weighted by Crippen LogP contribution is -2.41. The number of carbonyl (C=O) groups is 1. The number of pyridine rings is 2. The zero-order valence-corrected chi connectivity index (χ0v) is 18.8. The van der Waals surface area contributed by atoms with Gasteiger partial charge in [0, 0.05) is 30.4 Å². The van der Waals surface area contributed by atoms with Crippen LogP contribution >= 0.6 is 0 Å². The van der Waals surface area contributed by atoms with Crippen LogP contribution in [-0.2, 0) is 6.42 Å². The van der Waals surface area contributed by atoms with E-state index in [0.29, 0.717) is 35.8 Å². The van der Waals surface area contributed by atoms with E-state index in [4.69, 9.17) is 9.15 Å². The SMILES string of the molecule is COc1ccc(-c2nnc(C(=O)N3CCc4[nH]cnc4[C@H]3c3cc4c(C(F)F)cccn4n3)o2)nc1. The van der Waals surface area contributed by atoms with Crippen LogP contribution in [-0.4, -0.2) is 59.2 Å². The Bertz CT molecular complexity index is 1560. The molecule has 5 aromatic rings. The molecule has 5 aromatic heterocycles. The van der Waals surface area contributed by atoms with Crippen LogP contribution in [0.25, 0.3) is 17.1 Å². The summed E-state index contributed by atoms with van der Waals surface area (Å²) in [6.45, 7) is 0.298. The average molecular weight is 492 g/mol. The molecule has 1 amide bonds. The van der Waals surface area contributed by atoms with E-state index in [1.807, 2.05) is 0 Å². The molecule has 13 heteroatoms. The monoisotopic (exact) mass is 492 g/mol. The van der Waals surface area contributed by atoms with Crippen molar-refractivity contribution in [3.63, 3.8) is 0 Å². The first-order valence-electron chi connectivity index (χ1n) is 11.0. The van der Waals surface area contributed by atoms with Gasteiger partial charge in [-0.3, -0.25) is 4.79 Å². The van der Waals surface area contributed by atoms with Gasteiger partial charge in [0.15, 0.2) is 0 Å². The number of nitrogens with zero attached hydrogens (tertiary/aromatic N) is 7. The van der Waals surface area contributed by atoms with E-state index in [1.54, 1.807) is 24.4 Å². The van der Waals surface area contributed by atoms with Gasteiger partial charge in [0.05, 0.1) is 36.5 Å². The number of rotatable bonds is 5. The lowest BCUT2D eigenvalue weighted by Gasteiger charge is -2.32. The predicted molar refractivity (Wildman–Crippen MR) is 119 cm³/mol.